The molecule has 0 aromatic heterocycles. The van der Waals surface area contributed by atoms with Crippen LogP contribution in [0, 0.1) is 6.57 Å². The summed E-state index contributed by atoms with van der Waals surface area (Å²) in [4.78, 5) is 3.35. The summed E-state index contributed by atoms with van der Waals surface area (Å²) in [6, 6.07) is 5.48. The Labute approximate surface area is 72.6 Å². The number of benzene rings is 1. The number of aryl methyl sites for hydroxylation is 1. The number of hydrogen-bond acceptors (Lipinski definition) is 1. The van der Waals surface area contributed by atoms with Gasteiger partial charge < -0.3 is 4.74 Å². The quantitative estimate of drug-likeness (QED) is 0.608. The topological polar surface area (TPSA) is 13.6 Å². The van der Waals surface area contributed by atoms with E-state index < -0.39 is 0 Å². The first kappa shape index (κ1) is 8.61. The molecule has 0 amide bonds. The molecule has 0 spiro atoms. The minimum atomic E-state index is 0.674. The van der Waals surface area contributed by atoms with E-state index in [0.717, 1.165) is 17.7 Å². The molecule has 0 radical (unpaired) electrons. The Morgan fingerprint density at radius 2 is 2.25 bits per heavy atom. The van der Waals surface area contributed by atoms with Crippen molar-refractivity contribution in [3.05, 3.63) is 35.2 Å². The lowest BCUT2D eigenvalue weighted by atomic mass is 10.1. The number of hydrogen-bond donors (Lipinski definition) is 0. The molecule has 0 unspecified atom stereocenters. The van der Waals surface area contributed by atoms with Crippen LogP contribution in [0.15, 0.2) is 18.2 Å². The summed E-state index contributed by atoms with van der Waals surface area (Å²) in [6.07, 6.45) is 0.895. The van der Waals surface area contributed by atoms with E-state index in [1.54, 1.807) is 13.2 Å². The minimum absolute atomic E-state index is 0.674. The molecule has 0 heterocycles. The number of ether oxygens (including phenoxy) is 1. The lowest BCUT2D eigenvalue weighted by Gasteiger charge is -2.05. The Hall–Kier alpha value is -1.49. The van der Waals surface area contributed by atoms with Gasteiger partial charge in [0.05, 0.1) is 13.7 Å². The van der Waals surface area contributed by atoms with Gasteiger partial charge in [0, 0.05) is 0 Å². The van der Waals surface area contributed by atoms with Crippen molar-refractivity contribution in [3.8, 4) is 5.75 Å². The monoisotopic (exact) mass is 161 g/mol. The van der Waals surface area contributed by atoms with E-state index in [2.05, 4.69) is 4.85 Å². The van der Waals surface area contributed by atoms with Crippen molar-refractivity contribution in [2.45, 2.75) is 13.3 Å². The van der Waals surface area contributed by atoms with Gasteiger partial charge in [0.25, 0.3) is 0 Å². The highest BCUT2D eigenvalue weighted by Crippen LogP contribution is 2.24. The molecule has 1 aromatic carbocycles. The van der Waals surface area contributed by atoms with Crippen LogP contribution >= 0.6 is 0 Å². The molecular formula is C10H11NO. The summed E-state index contributed by atoms with van der Waals surface area (Å²) < 4.78 is 5.13. The highest BCUT2D eigenvalue weighted by Gasteiger charge is 2.00. The highest BCUT2D eigenvalue weighted by atomic mass is 16.5. The van der Waals surface area contributed by atoms with Crippen LogP contribution in [-0.4, -0.2) is 7.11 Å². The van der Waals surface area contributed by atoms with Crippen molar-refractivity contribution < 1.29 is 4.74 Å². The molecule has 0 saturated heterocycles. The summed E-state index contributed by atoms with van der Waals surface area (Å²) >= 11 is 0. The molecular weight excluding hydrogens is 150 g/mol. The Kier molecular flexibility index (Phi) is 2.71. The summed E-state index contributed by atoms with van der Waals surface area (Å²) in [5.41, 5.74) is 1.76. The van der Waals surface area contributed by atoms with Gasteiger partial charge in [-0.2, -0.15) is 0 Å². The summed E-state index contributed by atoms with van der Waals surface area (Å²) in [5, 5.41) is 0. The Morgan fingerprint density at radius 3 is 2.75 bits per heavy atom. The van der Waals surface area contributed by atoms with Crippen LogP contribution in [-0.2, 0) is 6.42 Å². The van der Waals surface area contributed by atoms with Crippen LogP contribution in [0.3, 0.4) is 0 Å². The molecule has 2 heteroatoms. The second-order valence-corrected chi connectivity index (χ2v) is 2.46. The van der Waals surface area contributed by atoms with E-state index in [4.69, 9.17) is 11.3 Å². The smallest absolute Gasteiger partial charge is 0.187 e. The zero-order chi connectivity index (χ0) is 8.97. The van der Waals surface area contributed by atoms with Crippen LogP contribution in [0.1, 0.15) is 12.5 Å². The predicted molar refractivity (Wildman–Crippen MR) is 48.6 cm³/mol. The van der Waals surface area contributed by atoms with Crippen molar-refractivity contribution in [1.82, 2.24) is 0 Å². The number of rotatable bonds is 2. The molecule has 0 aliphatic rings. The van der Waals surface area contributed by atoms with Crippen LogP contribution in [0.2, 0.25) is 0 Å². The van der Waals surface area contributed by atoms with Gasteiger partial charge in [-0.3, -0.25) is 0 Å². The second-order valence-electron chi connectivity index (χ2n) is 2.46. The zero-order valence-electron chi connectivity index (χ0n) is 7.29. The summed E-state index contributed by atoms with van der Waals surface area (Å²) in [7, 11) is 1.64. The van der Waals surface area contributed by atoms with Crippen LogP contribution < -0.4 is 4.74 Å². The molecule has 1 rings (SSSR count). The van der Waals surface area contributed by atoms with E-state index >= 15 is 0 Å². The number of methoxy groups -OCH3 is 1. The Balaban J connectivity index is 3.13. The Morgan fingerprint density at radius 1 is 1.50 bits per heavy atom. The van der Waals surface area contributed by atoms with E-state index in [-0.39, 0.29) is 0 Å². The first-order chi connectivity index (χ1) is 5.81. The molecule has 62 valence electrons. The molecule has 0 atom stereocenters. The third-order valence-corrected chi connectivity index (χ3v) is 1.77. The molecule has 12 heavy (non-hydrogen) atoms. The van der Waals surface area contributed by atoms with Crippen LogP contribution in [0.25, 0.3) is 4.85 Å². The first-order valence-electron chi connectivity index (χ1n) is 3.86. The standard InChI is InChI=1S/C10H11NO/c1-4-8-7-9(11-2)5-6-10(8)12-3/h5-7H,4H2,1,3H3. The van der Waals surface area contributed by atoms with Crippen molar-refractivity contribution in [3.63, 3.8) is 0 Å². The van der Waals surface area contributed by atoms with Gasteiger partial charge in [-0.25, -0.2) is 4.85 Å². The average molecular weight is 161 g/mol. The normalized spacial score (nSPS) is 9.08. The molecule has 0 fully saturated rings. The molecule has 0 aliphatic carbocycles. The SMILES string of the molecule is [C-]#[N+]c1ccc(OC)c(CC)c1. The third-order valence-electron chi connectivity index (χ3n) is 1.77. The lowest BCUT2D eigenvalue weighted by Crippen LogP contribution is -1.88. The largest absolute Gasteiger partial charge is 0.497 e. The molecule has 1 aromatic rings. The zero-order valence-corrected chi connectivity index (χ0v) is 7.29. The maximum atomic E-state index is 6.83. The number of nitrogens with zero attached hydrogens (tertiary/aromatic N) is 1. The van der Waals surface area contributed by atoms with E-state index in [9.17, 15) is 0 Å². The fourth-order valence-electron chi connectivity index (χ4n) is 1.11. The van der Waals surface area contributed by atoms with Gasteiger partial charge >= 0.3 is 0 Å². The lowest BCUT2D eigenvalue weighted by molar-refractivity contribution is 0.410. The fourth-order valence-corrected chi connectivity index (χ4v) is 1.11. The van der Waals surface area contributed by atoms with Gasteiger partial charge in [0.1, 0.15) is 5.75 Å². The van der Waals surface area contributed by atoms with Gasteiger partial charge in [0.15, 0.2) is 5.69 Å². The van der Waals surface area contributed by atoms with E-state index in [1.165, 1.54) is 0 Å². The second kappa shape index (κ2) is 3.77. The highest BCUT2D eigenvalue weighted by molar-refractivity contribution is 5.51. The summed E-state index contributed by atoms with van der Waals surface area (Å²) in [6.45, 7) is 8.87. The van der Waals surface area contributed by atoms with Gasteiger partial charge in [0.2, 0.25) is 0 Å². The van der Waals surface area contributed by atoms with Gasteiger partial charge in [-0.15, -0.1) is 0 Å². The molecule has 0 bridgehead atoms. The van der Waals surface area contributed by atoms with Crippen molar-refractivity contribution in [1.29, 1.82) is 0 Å². The van der Waals surface area contributed by atoms with Gasteiger partial charge in [-0.1, -0.05) is 13.0 Å². The Bertz CT molecular complexity index is 312. The summed E-state index contributed by atoms with van der Waals surface area (Å²) in [5.74, 6) is 0.866. The van der Waals surface area contributed by atoms with Crippen molar-refractivity contribution in [2.24, 2.45) is 0 Å². The minimum Gasteiger partial charge on any atom is -0.497 e. The predicted octanol–water partition coefficient (Wildman–Crippen LogP) is 2.81. The van der Waals surface area contributed by atoms with E-state index in [0.29, 0.717) is 5.69 Å². The first-order valence-corrected chi connectivity index (χ1v) is 3.86. The van der Waals surface area contributed by atoms with Crippen molar-refractivity contribution >= 4 is 5.69 Å². The molecule has 0 N–H and O–H groups in total. The third kappa shape index (κ3) is 1.57. The maximum Gasteiger partial charge on any atom is 0.187 e. The molecule has 0 aliphatic heterocycles. The molecule has 2 nitrogen and oxygen atoms in total. The van der Waals surface area contributed by atoms with Crippen molar-refractivity contribution in [2.75, 3.05) is 7.11 Å². The van der Waals surface area contributed by atoms with Crippen LogP contribution in [0.5, 0.6) is 5.75 Å². The molecule has 0 saturated carbocycles. The van der Waals surface area contributed by atoms with Gasteiger partial charge in [-0.05, 0) is 24.1 Å². The van der Waals surface area contributed by atoms with E-state index in [1.807, 2.05) is 19.1 Å². The maximum absolute atomic E-state index is 6.83. The fraction of sp³-hybridized carbons (Fsp3) is 0.300. The average Bonchev–Trinajstić information content (AvgIpc) is 2.16. The van der Waals surface area contributed by atoms with Crippen LogP contribution in [0.4, 0.5) is 5.69 Å².